The summed E-state index contributed by atoms with van der Waals surface area (Å²) >= 11 is 6.15. The van der Waals surface area contributed by atoms with E-state index in [1.54, 1.807) is 50.2 Å². The molecule has 1 unspecified atom stereocenters. The lowest BCUT2D eigenvalue weighted by atomic mass is 10.1. The number of rotatable bonds is 5. The van der Waals surface area contributed by atoms with E-state index in [2.05, 4.69) is 10.5 Å². The number of carbonyl (C=O) groups excluding carboxylic acids is 1. The van der Waals surface area contributed by atoms with Gasteiger partial charge in [0, 0.05) is 16.1 Å². The van der Waals surface area contributed by atoms with E-state index >= 15 is 0 Å². The molecular weight excluding hydrogens is 368 g/mol. The molecular formula is C20H19ClN2O4. The van der Waals surface area contributed by atoms with E-state index in [0.717, 1.165) is 16.7 Å². The molecule has 3 aromatic rings. The Morgan fingerprint density at radius 2 is 1.96 bits per heavy atom. The largest absolute Gasteiger partial charge is 0.441 e. The van der Waals surface area contributed by atoms with Gasteiger partial charge < -0.3 is 14.4 Å². The number of ether oxygens (including phenoxy) is 1. The number of nitrogens with zero attached hydrogens (tertiary/aromatic N) is 1. The average Bonchev–Trinajstić information content (AvgIpc) is 3.02. The first-order valence-corrected chi connectivity index (χ1v) is 8.76. The first-order chi connectivity index (χ1) is 13.0. The Morgan fingerprint density at radius 1 is 1.26 bits per heavy atom. The fourth-order valence-corrected chi connectivity index (χ4v) is 2.93. The molecule has 0 bridgehead atoms. The standard InChI is InChI=1S/C20H19ClN2O4/c1-12(16-5-3-4-6-17(16)21)26-20(25)22-18-13(2)27-23-19(18)15-9-7-14(11-24)8-10-15/h3-10,12,24H,11H2,1-2H3,(H,22,25). The average molecular weight is 387 g/mol. The van der Waals surface area contributed by atoms with Gasteiger partial charge in [-0.15, -0.1) is 0 Å². The van der Waals surface area contributed by atoms with Gasteiger partial charge in [-0.05, 0) is 25.5 Å². The van der Waals surface area contributed by atoms with E-state index in [9.17, 15) is 4.79 Å². The molecule has 6 nitrogen and oxygen atoms in total. The number of aliphatic hydroxyl groups is 1. The summed E-state index contributed by atoms with van der Waals surface area (Å²) in [4.78, 5) is 12.4. The molecule has 0 spiro atoms. The van der Waals surface area contributed by atoms with Crippen molar-refractivity contribution in [3.05, 3.63) is 70.4 Å². The number of aromatic nitrogens is 1. The van der Waals surface area contributed by atoms with Crippen molar-refractivity contribution in [1.29, 1.82) is 0 Å². The Balaban J connectivity index is 1.76. The van der Waals surface area contributed by atoms with E-state index in [1.807, 2.05) is 12.1 Å². The van der Waals surface area contributed by atoms with Gasteiger partial charge in [-0.3, -0.25) is 5.32 Å². The number of aliphatic hydroxyl groups excluding tert-OH is 1. The van der Waals surface area contributed by atoms with E-state index in [0.29, 0.717) is 22.2 Å². The second-order valence-corrected chi connectivity index (χ2v) is 6.42. The third kappa shape index (κ3) is 4.30. The first-order valence-electron chi connectivity index (χ1n) is 8.38. The topological polar surface area (TPSA) is 84.6 Å². The number of carbonyl (C=O) groups is 1. The van der Waals surface area contributed by atoms with E-state index < -0.39 is 12.2 Å². The van der Waals surface area contributed by atoms with Crippen molar-refractivity contribution in [2.24, 2.45) is 0 Å². The molecule has 1 atom stereocenters. The van der Waals surface area contributed by atoms with Crippen LogP contribution in [0.2, 0.25) is 5.02 Å². The Labute approximate surface area is 161 Å². The molecule has 0 aliphatic carbocycles. The Hall–Kier alpha value is -2.83. The van der Waals surface area contributed by atoms with Gasteiger partial charge in [-0.1, -0.05) is 59.2 Å². The van der Waals surface area contributed by atoms with Gasteiger partial charge >= 0.3 is 6.09 Å². The number of benzene rings is 2. The third-order valence-corrected chi connectivity index (χ3v) is 4.47. The minimum Gasteiger partial charge on any atom is -0.441 e. The second-order valence-electron chi connectivity index (χ2n) is 6.01. The summed E-state index contributed by atoms with van der Waals surface area (Å²) < 4.78 is 10.7. The van der Waals surface area contributed by atoms with Gasteiger partial charge in [0.1, 0.15) is 17.5 Å². The molecule has 2 N–H and O–H groups in total. The van der Waals surface area contributed by atoms with Crippen molar-refractivity contribution in [2.75, 3.05) is 5.32 Å². The summed E-state index contributed by atoms with van der Waals surface area (Å²) in [6, 6.07) is 14.3. The zero-order valence-electron chi connectivity index (χ0n) is 14.9. The van der Waals surface area contributed by atoms with Gasteiger partial charge in [0.15, 0.2) is 5.76 Å². The number of halogens is 1. The minimum atomic E-state index is -0.637. The Kier molecular flexibility index (Phi) is 5.78. The van der Waals surface area contributed by atoms with Crippen LogP contribution in [0.4, 0.5) is 10.5 Å². The van der Waals surface area contributed by atoms with E-state index in [-0.39, 0.29) is 6.61 Å². The highest BCUT2D eigenvalue weighted by atomic mass is 35.5. The maximum atomic E-state index is 12.4. The summed E-state index contributed by atoms with van der Waals surface area (Å²) in [7, 11) is 0. The Bertz CT molecular complexity index is 937. The molecule has 1 aromatic heterocycles. The fourth-order valence-electron chi connectivity index (χ4n) is 2.64. The normalized spacial score (nSPS) is 11.9. The van der Waals surface area contributed by atoms with Gasteiger partial charge in [-0.25, -0.2) is 4.79 Å². The molecule has 0 aliphatic heterocycles. The lowest BCUT2D eigenvalue weighted by Crippen LogP contribution is -2.17. The molecule has 7 heteroatoms. The highest BCUT2D eigenvalue weighted by molar-refractivity contribution is 6.31. The van der Waals surface area contributed by atoms with Gasteiger partial charge in [0.05, 0.1) is 6.61 Å². The van der Waals surface area contributed by atoms with Crippen molar-refractivity contribution in [3.8, 4) is 11.3 Å². The van der Waals surface area contributed by atoms with Crippen LogP contribution in [0.1, 0.15) is 29.9 Å². The van der Waals surface area contributed by atoms with E-state index in [1.165, 1.54) is 0 Å². The van der Waals surface area contributed by atoms with Crippen LogP contribution in [0.5, 0.6) is 0 Å². The zero-order chi connectivity index (χ0) is 19.4. The van der Waals surface area contributed by atoms with Gasteiger partial charge in [0.2, 0.25) is 0 Å². The summed E-state index contributed by atoms with van der Waals surface area (Å²) in [5, 5.41) is 16.4. The van der Waals surface area contributed by atoms with Crippen molar-refractivity contribution in [1.82, 2.24) is 5.16 Å². The van der Waals surface area contributed by atoms with Crippen molar-refractivity contribution < 1.29 is 19.2 Å². The van der Waals surface area contributed by atoms with Crippen LogP contribution in [0.15, 0.2) is 53.1 Å². The smallest absolute Gasteiger partial charge is 0.412 e. The highest BCUT2D eigenvalue weighted by Crippen LogP contribution is 2.31. The molecule has 0 fully saturated rings. The van der Waals surface area contributed by atoms with Crippen molar-refractivity contribution in [3.63, 3.8) is 0 Å². The van der Waals surface area contributed by atoms with Crippen LogP contribution in [-0.2, 0) is 11.3 Å². The fraction of sp³-hybridized carbons (Fsp3) is 0.200. The number of anilines is 1. The molecule has 1 amide bonds. The van der Waals surface area contributed by atoms with Crippen molar-refractivity contribution >= 4 is 23.4 Å². The predicted octanol–water partition coefficient (Wildman–Crippen LogP) is 5.11. The molecule has 0 saturated heterocycles. The molecule has 140 valence electrons. The number of aryl methyl sites for hydroxylation is 1. The third-order valence-electron chi connectivity index (χ3n) is 4.13. The maximum Gasteiger partial charge on any atom is 0.412 e. The van der Waals surface area contributed by atoms with Crippen LogP contribution in [0, 0.1) is 6.92 Å². The molecule has 3 rings (SSSR count). The first kappa shape index (κ1) is 18.9. The number of nitrogens with one attached hydrogen (secondary N) is 1. The zero-order valence-corrected chi connectivity index (χ0v) is 15.7. The van der Waals surface area contributed by atoms with Crippen LogP contribution < -0.4 is 5.32 Å². The molecule has 0 aliphatic rings. The summed E-state index contributed by atoms with van der Waals surface area (Å²) in [5.41, 5.74) is 3.17. The second kappa shape index (κ2) is 8.24. The summed E-state index contributed by atoms with van der Waals surface area (Å²) in [6.07, 6.45) is -1.16. The molecule has 0 saturated carbocycles. The maximum absolute atomic E-state index is 12.4. The quantitative estimate of drug-likeness (QED) is 0.636. The lowest BCUT2D eigenvalue weighted by molar-refractivity contribution is 0.121. The monoisotopic (exact) mass is 386 g/mol. The van der Waals surface area contributed by atoms with Gasteiger partial charge in [0.25, 0.3) is 0 Å². The molecule has 0 radical (unpaired) electrons. The van der Waals surface area contributed by atoms with Crippen molar-refractivity contribution in [2.45, 2.75) is 26.6 Å². The predicted molar refractivity (Wildman–Crippen MR) is 103 cm³/mol. The van der Waals surface area contributed by atoms with Gasteiger partial charge in [-0.2, -0.15) is 0 Å². The number of hydrogen-bond donors (Lipinski definition) is 2. The van der Waals surface area contributed by atoms with E-state index in [4.69, 9.17) is 26.0 Å². The lowest BCUT2D eigenvalue weighted by Gasteiger charge is -2.15. The van der Waals surface area contributed by atoms with Crippen LogP contribution in [0.3, 0.4) is 0 Å². The molecule has 1 heterocycles. The summed E-state index contributed by atoms with van der Waals surface area (Å²) in [5.74, 6) is 0.457. The summed E-state index contributed by atoms with van der Waals surface area (Å²) in [6.45, 7) is 3.40. The molecule has 27 heavy (non-hydrogen) atoms. The highest BCUT2D eigenvalue weighted by Gasteiger charge is 2.20. The number of amides is 1. The SMILES string of the molecule is Cc1onc(-c2ccc(CO)cc2)c1NC(=O)OC(C)c1ccccc1Cl. The minimum absolute atomic E-state index is 0.0461. The number of hydrogen-bond acceptors (Lipinski definition) is 5. The van der Waals surface area contributed by atoms with Crippen LogP contribution >= 0.6 is 11.6 Å². The Morgan fingerprint density at radius 3 is 2.63 bits per heavy atom. The molecule has 2 aromatic carbocycles. The van der Waals surface area contributed by atoms with Crippen LogP contribution in [-0.4, -0.2) is 16.4 Å². The van der Waals surface area contributed by atoms with Crippen LogP contribution in [0.25, 0.3) is 11.3 Å².